The van der Waals surface area contributed by atoms with Gasteiger partial charge in [0.2, 0.25) is 0 Å². The Hall–Kier alpha value is -1.10. The summed E-state index contributed by atoms with van der Waals surface area (Å²) < 4.78 is 16.5. The second kappa shape index (κ2) is 7.78. The van der Waals surface area contributed by atoms with Crippen LogP contribution in [-0.4, -0.2) is 45.6 Å². The monoisotopic (exact) mass is 293 g/mol. The smallest absolute Gasteiger partial charge is 0.123 e. The zero-order valence-corrected chi connectivity index (χ0v) is 13.4. The lowest BCUT2D eigenvalue weighted by Crippen LogP contribution is -2.24. The van der Waals surface area contributed by atoms with E-state index in [4.69, 9.17) is 14.2 Å². The van der Waals surface area contributed by atoms with Crippen molar-refractivity contribution in [1.82, 2.24) is 5.32 Å². The maximum atomic E-state index is 5.89. The van der Waals surface area contributed by atoms with Crippen molar-refractivity contribution in [3.8, 4) is 5.75 Å². The molecule has 2 rings (SSSR count). The minimum atomic E-state index is -0.0642. The Balaban J connectivity index is 1.64. The molecule has 21 heavy (non-hydrogen) atoms. The Morgan fingerprint density at radius 2 is 2.00 bits per heavy atom. The van der Waals surface area contributed by atoms with Gasteiger partial charge in [0.05, 0.1) is 19.8 Å². The van der Waals surface area contributed by atoms with Gasteiger partial charge in [-0.3, -0.25) is 0 Å². The summed E-state index contributed by atoms with van der Waals surface area (Å²) in [6, 6.07) is 6.48. The van der Waals surface area contributed by atoms with Gasteiger partial charge in [-0.05, 0) is 37.5 Å². The molecule has 1 aliphatic heterocycles. The van der Waals surface area contributed by atoms with Gasteiger partial charge in [-0.1, -0.05) is 12.1 Å². The Kier molecular flexibility index (Phi) is 6.03. The van der Waals surface area contributed by atoms with E-state index in [1.54, 1.807) is 7.11 Å². The van der Waals surface area contributed by atoms with Gasteiger partial charge in [0.25, 0.3) is 0 Å². The number of hydrogen-bond acceptors (Lipinski definition) is 4. The Morgan fingerprint density at radius 1 is 1.19 bits per heavy atom. The number of benzene rings is 1. The van der Waals surface area contributed by atoms with Crippen LogP contribution in [0.4, 0.5) is 0 Å². The van der Waals surface area contributed by atoms with Crippen molar-refractivity contribution in [2.45, 2.75) is 32.3 Å². The molecule has 0 saturated carbocycles. The fourth-order valence-corrected chi connectivity index (χ4v) is 2.55. The van der Waals surface area contributed by atoms with E-state index in [-0.39, 0.29) is 5.60 Å². The minimum absolute atomic E-state index is 0.0642. The number of hydrogen-bond donors (Lipinski definition) is 1. The molecule has 0 aliphatic carbocycles. The van der Waals surface area contributed by atoms with Crippen LogP contribution < -0.4 is 10.1 Å². The summed E-state index contributed by atoms with van der Waals surface area (Å²) in [4.78, 5) is 0. The van der Waals surface area contributed by atoms with Gasteiger partial charge in [-0.15, -0.1) is 0 Å². The van der Waals surface area contributed by atoms with Crippen molar-refractivity contribution >= 4 is 0 Å². The molecule has 0 bridgehead atoms. The summed E-state index contributed by atoms with van der Waals surface area (Å²) in [5.74, 6) is 1.03. The molecule has 1 N–H and O–H groups in total. The van der Waals surface area contributed by atoms with Crippen molar-refractivity contribution < 1.29 is 14.2 Å². The standard InChI is InChI=1S/C17H27NO3/c1-17(2)13-15-12-14(4-5-16(15)21-17)6-9-20-11-8-18-7-10-19-3/h4-5,12,18H,6-11,13H2,1-3H3. The fourth-order valence-electron chi connectivity index (χ4n) is 2.55. The van der Waals surface area contributed by atoms with Crippen molar-refractivity contribution in [3.63, 3.8) is 0 Å². The highest BCUT2D eigenvalue weighted by Gasteiger charge is 2.29. The number of nitrogens with one attached hydrogen (secondary N) is 1. The van der Waals surface area contributed by atoms with E-state index in [1.807, 2.05) is 0 Å². The normalized spacial score (nSPS) is 15.8. The van der Waals surface area contributed by atoms with Crippen LogP contribution in [0.25, 0.3) is 0 Å². The third-order valence-corrected chi connectivity index (χ3v) is 3.57. The molecule has 0 radical (unpaired) electrons. The molecule has 1 heterocycles. The lowest BCUT2D eigenvalue weighted by Gasteiger charge is -2.16. The predicted octanol–water partition coefficient (Wildman–Crippen LogP) is 2.20. The van der Waals surface area contributed by atoms with E-state index in [0.29, 0.717) is 0 Å². The first-order valence-electron chi connectivity index (χ1n) is 7.69. The van der Waals surface area contributed by atoms with E-state index in [9.17, 15) is 0 Å². The van der Waals surface area contributed by atoms with Crippen LogP contribution in [0.5, 0.6) is 5.75 Å². The van der Waals surface area contributed by atoms with E-state index >= 15 is 0 Å². The van der Waals surface area contributed by atoms with Crippen LogP contribution >= 0.6 is 0 Å². The average Bonchev–Trinajstić information content (AvgIpc) is 2.75. The van der Waals surface area contributed by atoms with Gasteiger partial charge in [0, 0.05) is 26.6 Å². The maximum absolute atomic E-state index is 5.89. The molecule has 0 fully saturated rings. The number of ether oxygens (including phenoxy) is 3. The highest BCUT2D eigenvalue weighted by molar-refractivity contribution is 5.41. The molecule has 4 nitrogen and oxygen atoms in total. The molecule has 0 spiro atoms. The van der Waals surface area contributed by atoms with Crippen molar-refractivity contribution in [3.05, 3.63) is 29.3 Å². The number of methoxy groups -OCH3 is 1. The highest BCUT2D eigenvalue weighted by atomic mass is 16.5. The maximum Gasteiger partial charge on any atom is 0.123 e. The Labute approximate surface area is 127 Å². The molecule has 0 amide bonds. The van der Waals surface area contributed by atoms with Gasteiger partial charge in [-0.25, -0.2) is 0 Å². The molecular formula is C17H27NO3. The summed E-state index contributed by atoms with van der Waals surface area (Å²) in [5.41, 5.74) is 2.58. The third kappa shape index (κ3) is 5.30. The van der Waals surface area contributed by atoms with E-state index in [0.717, 1.165) is 51.5 Å². The van der Waals surface area contributed by atoms with E-state index < -0.39 is 0 Å². The van der Waals surface area contributed by atoms with Gasteiger partial charge in [0.15, 0.2) is 0 Å². The van der Waals surface area contributed by atoms with Crippen molar-refractivity contribution in [1.29, 1.82) is 0 Å². The zero-order chi connectivity index (χ0) is 15.1. The van der Waals surface area contributed by atoms with Gasteiger partial charge < -0.3 is 19.5 Å². The highest BCUT2D eigenvalue weighted by Crippen LogP contribution is 2.35. The molecular weight excluding hydrogens is 266 g/mol. The van der Waals surface area contributed by atoms with E-state index in [2.05, 4.69) is 37.4 Å². The molecule has 4 heteroatoms. The topological polar surface area (TPSA) is 39.7 Å². The molecule has 1 aliphatic rings. The first-order valence-corrected chi connectivity index (χ1v) is 7.69. The molecule has 118 valence electrons. The van der Waals surface area contributed by atoms with Crippen LogP contribution in [-0.2, 0) is 22.3 Å². The quantitative estimate of drug-likeness (QED) is 0.709. The molecule has 0 saturated heterocycles. The lowest BCUT2D eigenvalue weighted by atomic mass is 9.99. The molecule has 1 aromatic carbocycles. The van der Waals surface area contributed by atoms with Gasteiger partial charge >= 0.3 is 0 Å². The van der Waals surface area contributed by atoms with Gasteiger partial charge in [-0.2, -0.15) is 0 Å². The summed E-state index contributed by atoms with van der Waals surface area (Å²) in [6.07, 6.45) is 1.94. The minimum Gasteiger partial charge on any atom is -0.487 e. The second-order valence-corrected chi connectivity index (χ2v) is 6.09. The molecule has 0 unspecified atom stereocenters. The van der Waals surface area contributed by atoms with Crippen LogP contribution in [0.2, 0.25) is 0 Å². The van der Waals surface area contributed by atoms with Crippen molar-refractivity contribution in [2.75, 3.05) is 40.0 Å². The SMILES string of the molecule is COCCNCCOCCc1ccc2c(c1)CC(C)(C)O2. The molecule has 0 aromatic heterocycles. The summed E-state index contributed by atoms with van der Waals surface area (Å²) in [5, 5.41) is 3.26. The third-order valence-electron chi connectivity index (χ3n) is 3.57. The fraction of sp³-hybridized carbons (Fsp3) is 0.647. The number of rotatable bonds is 9. The van der Waals surface area contributed by atoms with Crippen LogP contribution in [0, 0.1) is 0 Å². The number of fused-ring (bicyclic) bond motifs is 1. The van der Waals surface area contributed by atoms with Crippen LogP contribution in [0.15, 0.2) is 18.2 Å². The summed E-state index contributed by atoms with van der Waals surface area (Å²) >= 11 is 0. The largest absolute Gasteiger partial charge is 0.487 e. The van der Waals surface area contributed by atoms with Crippen LogP contribution in [0.3, 0.4) is 0 Å². The molecule has 0 atom stereocenters. The van der Waals surface area contributed by atoms with Crippen LogP contribution in [0.1, 0.15) is 25.0 Å². The first kappa shape index (κ1) is 16.3. The Morgan fingerprint density at radius 3 is 2.81 bits per heavy atom. The lowest BCUT2D eigenvalue weighted by molar-refractivity contribution is 0.135. The summed E-state index contributed by atoms with van der Waals surface area (Å²) in [6.45, 7) is 8.25. The van der Waals surface area contributed by atoms with Gasteiger partial charge in [0.1, 0.15) is 11.4 Å². The average molecular weight is 293 g/mol. The molecule has 1 aromatic rings. The zero-order valence-electron chi connectivity index (χ0n) is 13.4. The first-order chi connectivity index (χ1) is 10.1. The predicted molar refractivity (Wildman–Crippen MR) is 84.1 cm³/mol. The Bertz CT molecular complexity index is 446. The second-order valence-electron chi connectivity index (χ2n) is 6.09. The van der Waals surface area contributed by atoms with Crippen molar-refractivity contribution in [2.24, 2.45) is 0 Å². The summed E-state index contributed by atoms with van der Waals surface area (Å²) in [7, 11) is 1.71. The van der Waals surface area contributed by atoms with E-state index in [1.165, 1.54) is 11.1 Å².